The van der Waals surface area contributed by atoms with Crippen molar-refractivity contribution in [3.8, 4) is 6.07 Å². The zero-order valence-electron chi connectivity index (χ0n) is 17.7. The number of rotatable bonds is 7. The second-order valence-corrected chi connectivity index (χ2v) is 8.00. The quantitative estimate of drug-likeness (QED) is 0.592. The van der Waals surface area contributed by atoms with Crippen molar-refractivity contribution in [2.75, 3.05) is 6.54 Å². The second-order valence-electron chi connectivity index (χ2n) is 8.00. The van der Waals surface area contributed by atoms with Gasteiger partial charge in [-0.25, -0.2) is 4.98 Å². The van der Waals surface area contributed by atoms with E-state index in [1.807, 2.05) is 16.7 Å². The fourth-order valence-corrected chi connectivity index (χ4v) is 3.90. The van der Waals surface area contributed by atoms with E-state index in [0.29, 0.717) is 37.2 Å². The van der Waals surface area contributed by atoms with Crippen molar-refractivity contribution in [1.82, 2.24) is 19.8 Å². The third kappa shape index (κ3) is 5.41. The number of amides is 1. The fraction of sp³-hybridized carbons (Fsp3) is 0.292. The van der Waals surface area contributed by atoms with Crippen LogP contribution < -0.4 is 5.32 Å². The number of hydrogen-bond acceptors (Lipinski definition) is 4. The number of nitriles is 1. The molecule has 0 spiro atoms. The summed E-state index contributed by atoms with van der Waals surface area (Å²) in [5, 5.41) is 12.2. The summed E-state index contributed by atoms with van der Waals surface area (Å²) in [4.78, 5) is 18.6. The van der Waals surface area contributed by atoms with Gasteiger partial charge in [0.1, 0.15) is 0 Å². The van der Waals surface area contributed by atoms with Gasteiger partial charge in [0.15, 0.2) is 0 Å². The van der Waals surface area contributed by atoms with Crippen molar-refractivity contribution in [2.24, 2.45) is 0 Å². The van der Waals surface area contributed by atoms with Gasteiger partial charge < -0.3 is 14.8 Å². The van der Waals surface area contributed by atoms with Crippen LogP contribution in [-0.4, -0.2) is 32.9 Å². The van der Waals surface area contributed by atoms with E-state index in [1.54, 1.807) is 35.6 Å². The summed E-state index contributed by atoms with van der Waals surface area (Å²) in [6.45, 7) is 1.65. The van der Waals surface area contributed by atoms with Crippen LogP contribution in [-0.2, 0) is 30.6 Å². The Morgan fingerprint density at radius 2 is 1.91 bits per heavy atom. The number of carbonyl (C=O) groups is 1. The molecule has 1 fully saturated rings. The van der Waals surface area contributed by atoms with E-state index >= 15 is 0 Å². The van der Waals surface area contributed by atoms with Crippen molar-refractivity contribution < 1.29 is 18.0 Å². The minimum absolute atomic E-state index is 0.120. The van der Waals surface area contributed by atoms with Gasteiger partial charge >= 0.3 is 6.18 Å². The first kappa shape index (κ1) is 22.6. The zero-order valence-corrected chi connectivity index (χ0v) is 17.7. The van der Waals surface area contributed by atoms with Crippen LogP contribution in [0.15, 0.2) is 61.1 Å². The van der Waals surface area contributed by atoms with Crippen LogP contribution in [0.4, 0.5) is 13.2 Å². The highest BCUT2D eigenvalue weighted by Gasteiger charge is 2.33. The smallest absolute Gasteiger partial charge is 0.337 e. The molecule has 1 N–H and O–H groups in total. The number of likely N-dealkylation sites (tertiary alicyclic amines) is 1. The number of nitrogens with zero attached hydrogens (tertiary/aromatic N) is 4. The van der Waals surface area contributed by atoms with Crippen molar-refractivity contribution in [1.29, 1.82) is 5.26 Å². The van der Waals surface area contributed by atoms with E-state index in [2.05, 4.69) is 16.4 Å². The van der Waals surface area contributed by atoms with E-state index in [0.717, 1.165) is 23.4 Å². The van der Waals surface area contributed by atoms with Crippen LogP contribution in [0, 0.1) is 11.3 Å². The van der Waals surface area contributed by atoms with Gasteiger partial charge in [0.05, 0.1) is 35.3 Å². The first-order valence-electron chi connectivity index (χ1n) is 10.5. The molecule has 1 amide bonds. The number of aromatic nitrogens is 2. The largest absolute Gasteiger partial charge is 0.416 e. The Bertz CT molecular complexity index is 1160. The van der Waals surface area contributed by atoms with Crippen LogP contribution in [0.3, 0.4) is 0 Å². The molecule has 2 aromatic carbocycles. The monoisotopic (exact) mass is 453 g/mol. The Balaban J connectivity index is 1.34. The Morgan fingerprint density at radius 3 is 2.64 bits per heavy atom. The van der Waals surface area contributed by atoms with E-state index in [4.69, 9.17) is 5.26 Å². The van der Waals surface area contributed by atoms with Crippen LogP contribution in [0.2, 0.25) is 0 Å². The second kappa shape index (κ2) is 9.46. The molecule has 3 aromatic rings. The van der Waals surface area contributed by atoms with Crippen LogP contribution >= 0.6 is 0 Å². The molecule has 1 atom stereocenters. The highest BCUT2D eigenvalue weighted by molar-refractivity contribution is 5.83. The molecule has 0 bridgehead atoms. The number of nitrogens with one attached hydrogen (secondary N) is 1. The minimum Gasteiger partial charge on any atom is -0.337 e. The molecular formula is C24H22F3N5O. The van der Waals surface area contributed by atoms with E-state index in [1.165, 1.54) is 6.07 Å². The van der Waals surface area contributed by atoms with Gasteiger partial charge in [-0.2, -0.15) is 18.4 Å². The standard InChI is InChI=1S/C24H22F3N5O/c25-24(26,27)20-3-1-2-19(10-20)15-31-9-8-22(23(31)33)30-13-21-12-29-16-32(21)14-18-6-4-17(11-28)5-7-18/h1-7,10,12,16,22,30H,8-9,13-15H2/t22-/m1/s1. The summed E-state index contributed by atoms with van der Waals surface area (Å²) < 4.78 is 40.8. The minimum atomic E-state index is -4.41. The molecule has 170 valence electrons. The number of hydrogen-bond donors (Lipinski definition) is 1. The lowest BCUT2D eigenvalue weighted by atomic mass is 10.1. The molecule has 0 unspecified atom stereocenters. The average molecular weight is 453 g/mol. The molecule has 1 saturated heterocycles. The lowest BCUT2D eigenvalue weighted by Crippen LogP contribution is -2.38. The molecule has 1 aromatic heterocycles. The van der Waals surface area contributed by atoms with Gasteiger partial charge in [0.25, 0.3) is 0 Å². The maximum atomic E-state index is 12.9. The maximum absolute atomic E-state index is 12.9. The summed E-state index contributed by atoms with van der Waals surface area (Å²) in [5.41, 5.74) is 2.28. The molecule has 6 nitrogen and oxygen atoms in total. The molecule has 9 heteroatoms. The maximum Gasteiger partial charge on any atom is 0.416 e. The molecular weight excluding hydrogens is 431 g/mol. The molecule has 0 aliphatic carbocycles. The van der Waals surface area contributed by atoms with Crippen molar-refractivity contribution >= 4 is 5.91 Å². The number of carbonyl (C=O) groups excluding carboxylic acids is 1. The van der Waals surface area contributed by atoms with E-state index < -0.39 is 17.8 Å². The number of halogens is 3. The van der Waals surface area contributed by atoms with Gasteiger partial charge in [-0.1, -0.05) is 24.3 Å². The Kier molecular flexibility index (Phi) is 6.47. The molecule has 33 heavy (non-hydrogen) atoms. The van der Waals surface area contributed by atoms with Crippen molar-refractivity contribution in [3.05, 3.63) is 89.0 Å². The van der Waals surface area contributed by atoms with Gasteiger partial charge in [0, 0.05) is 32.4 Å². The third-order valence-corrected chi connectivity index (χ3v) is 5.69. The summed E-state index contributed by atoms with van der Waals surface area (Å²) in [5.74, 6) is -0.120. The molecule has 2 heterocycles. The zero-order chi connectivity index (χ0) is 23.4. The van der Waals surface area contributed by atoms with E-state index in [-0.39, 0.29) is 12.5 Å². The molecule has 0 saturated carbocycles. The summed E-state index contributed by atoms with van der Waals surface area (Å²) in [7, 11) is 0. The summed E-state index contributed by atoms with van der Waals surface area (Å²) in [6, 6.07) is 14.1. The van der Waals surface area contributed by atoms with E-state index in [9.17, 15) is 18.0 Å². The third-order valence-electron chi connectivity index (χ3n) is 5.69. The lowest BCUT2D eigenvalue weighted by molar-refractivity contribution is -0.137. The number of alkyl halides is 3. The van der Waals surface area contributed by atoms with Crippen LogP contribution in [0.25, 0.3) is 0 Å². The first-order chi connectivity index (χ1) is 15.8. The number of benzene rings is 2. The lowest BCUT2D eigenvalue weighted by Gasteiger charge is -2.18. The van der Waals surface area contributed by atoms with Crippen molar-refractivity contribution in [3.63, 3.8) is 0 Å². The Labute approximate surface area is 189 Å². The summed E-state index contributed by atoms with van der Waals surface area (Å²) >= 11 is 0. The highest BCUT2D eigenvalue weighted by Crippen LogP contribution is 2.30. The van der Waals surface area contributed by atoms with Gasteiger partial charge in [-0.15, -0.1) is 0 Å². The molecule has 4 rings (SSSR count). The van der Waals surface area contributed by atoms with Gasteiger partial charge in [0.2, 0.25) is 5.91 Å². The van der Waals surface area contributed by atoms with Crippen LogP contribution in [0.1, 0.15) is 34.4 Å². The Hall–Kier alpha value is -3.64. The van der Waals surface area contributed by atoms with Crippen LogP contribution in [0.5, 0.6) is 0 Å². The molecule has 0 radical (unpaired) electrons. The topological polar surface area (TPSA) is 74.0 Å². The fourth-order valence-electron chi connectivity index (χ4n) is 3.90. The average Bonchev–Trinajstić information content (AvgIpc) is 3.38. The molecule has 1 aliphatic heterocycles. The predicted molar refractivity (Wildman–Crippen MR) is 115 cm³/mol. The predicted octanol–water partition coefficient (Wildman–Crippen LogP) is 3.71. The molecule has 1 aliphatic rings. The highest BCUT2D eigenvalue weighted by atomic mass is 19.4. The van der Waals surface area contributed by atoms with Gasteiger partial charge in [-0.05, 0) is 41.8 Å². The number of imidazole rings is 1. The first-order valence-corrected chi connectivity index (χ1v) is 10.5. The summed E-state index contributed by atoms with van der Waals surface area (Å²) in [6.07, 6.45) is -0.376. The van der Waals surface area contributed by atoms with Gasteiger partial charge in [-0.3, -0.25) is 4.79 Å². The normalized spacial score (nSPS) is 16.2. The SMILES string of the molecule is N#Cc1ccc(Cn2cncc2CN[C@@H]2CCN(Cc3cccc(C(F)(F)F)c3)C2=O)cc1. The van der Waals surface area contributed by atoms with Crippen molar-refractivity contribution in [2.45, 2.75) is 38.3 Å². The Morgan fingerprint density at radius 1 is 1.12 bits per heavy atom.